The minimum Gasteiger partial charge on any atom is -0.393 e. The fourth-order valence-corrected chi connectivity index (χ4v) is 6.30. The molecule has 21 heavy (non-hydrogen) atoms. The van der Waals surface area contributed by atoms with Crippen LogP contribution in [0.4, 0.5) is 0 Å². The second kappa shape index (κ2) is 4.32. The molecule has 114 valence electrons. The van der Waals surface area contributed by atoms with Crippen LogP contribution in [0.15, 0.2) is 23.3 Å². The van der Waals surface area contributed by atoms with Crippen molar-refractivity contribution in [1.82, 2.24) is 0 Å². The number of fused-ring (bicyclic) bond motifs is 5. The summed E-state index contributed by atoms with van der Waals surface area (Å²) in [5.41, 5.74) is 2.63. The van der Waals surface area contributed by atoms with Crippen molar-refractivity contribution in [2.75, 3.05) is 0 Å². The second-order valence-electron chi connectivity index (χ2n) is 8.22. The monoisotopic (exact) mass is 286 g/mol. The molecule has 0 spiro atoms. The first-order valence-corrected chi connectivity index (χ1v) is 8.57. The molecule has 0 amide bonds. The van der Waals surface area contributed by atoms with Crippen molar-refractivity contribution in [3.63, 3.8) is 0 Å². The number of aliphatic hydroxyl groups is 1. The summed E-state index contributed by atoms with van der Waals surface area (Å²) in [4.78, 5) is 11.9. The molecule has 6 atom stereocenters. The average molecular weight is 286 g/mol. The largest absolute Gasteiger partial charge is 0.393 e. The maximum Gasteiger partial charge on any atom is 0.146 e. The van der Waals surface area contributed by atoms with Gasteiger partial charge in [0.1, 0.15) is 6.29 Å². The zero-order chi connectivity index (χ0) is 14.8. The number of allylic oxidation sites excluding steroid dienone is 4. The Morgan fingerprint density at radius 2 is 2.00 bits per heavy atom. The van der Waals surface area contributed by atoms with Gasteiger partial charge in [-0.15, -0.1) is 0 Å². The first kappa shape index (κ1) is 13.8. The standard InChI is InChI=1S/C19H26O2/c1-18-9-4-3-5-13(18)12(11-20)17-14-6-7-16(21)19(14,2)10-8-15(17)18/h3,5,11,14-17,21H,4,6-10H2,1-2H3. The molecule has 2 heteroatoms. The molecule has 0 aliphatic heterocycles. The molecule has 2 nitrogen and oxygen atoms in total. The van der Waals surface area contributed by atoms with Crippen LogP contribution >= 0.6 is 0 Å². The van der Waals surface area contributed by atoms with Gasteiger partial charge in [-0.3, -0.25) is 4.79 Å². The van der Waals surface area contributed by atoms with E-state index >= 15 is 0 Å². The fraction of sp³-hybridized carbons (Fsp3) is 0.737. The third-order valence-corrected chi connectivity index (χ3v) is 7.57. The van der Waals surface area contributed by atoms with E-state index in [0.717, 1.165) is 37.5 Å². The predicted octanol–water partition coefficient (Wildman–Crippen LogP) is 3.66. The van der Waals surface area contributed by atoms with Crippen molar-refractivity contribution in [3.8, 4) is 0 Å². The van der Waals surface area contributed by atoms with Gasteiger partial charge in [-0.1, -0.05) is 26.0 Å². The van der Waals surface area contributed by atoms with E-state index in [1.54, 1.807) is 0 Å². The lowest BCUT2D eigenvalue weighted by atomic mass is 9.55. The van der Waals surface area contributed by atoms with Crippen LogP contribution < -0.4 is 0 Å². The summed E-state index contributed by atoms with van der Waals surface area (Å²) < 4.78 is 0. The van der Waals surface area contributed by atoms with Gasteiger partial charge in [0.2, 0.25) is 0 Å². The van der Waals surface area contributed by atoms with Gasteiger partial charge in [0.05, 0.1) is 6.10 Å². The summed E-state index contributed by atoms with van der Waals surface area (Å²) in [6, 6.07) is 0. The van der Waals surface area contributed by atoms with Gasteiger partial charge in [-0.05, 0) is 78.3 Å². The minimum atomic E-state index is -0.174. The van der Waals surface area contributed by atoms with E-state index in [9.17, 15) is 9.90 Å². The summed E-state index contributed by atoms with van der Waals surface area (Å²) in [7, 11) is 0. The van der Waals surface area contributed by atoms with Crippen molar-refractivity contribution in [2.24, 2.45) is 28.6 Å². The van der Waals surface area contributed by atoms with Crippen LogP contribution in [0.2, 0.25) is 0 Å². The summed E-state index contributed by atoms with van der Waals surface area (Å²) in [5, 5.41) is 10.5. The molecule has 0 radical (unpaired) electrons. The van der Waals surface area contributed by atoms with Gasteiger partial charge in [0.15, 0.2) is 0 Å². The van der Waals surface area contributed by atoms with E-state index in [0.29, 0.717) is 17.8 Å². The maximum atomic E-state index is 11.9. The fourth-order valence-electron chi connectivity index (χ4n) is 6.30. The number of carbonyl (C=O) groups excluding carboxylic acids is 1. The van der Waals surface area contributed by atoms with Crippen LogP contribution in [0.5, 0.6) is 0 Å². The lowest BCUT2D eigenvalue weighted by Crippen LogP contribution is -2.45. The highest BCUT2D eigenvalue weighted by atomic mass is 16.3. The predicted molar refractivity (Wildman–Crippen MR) is 82.6 cm³/mol. The molecule has 4 aliphatic rings. The Morgan fingerprint density at radius 1 is 1.19 bits per heavy atom. The average Bonchev–Trinajstić information content (AvgIpc) is 2.91. The summed E-state index contributed by atoms with van der Waals surface area (Å²) in [5.74, 6) is 1.50. The molecule has 2 fully saturated rings. The SMILES string of the molecule is CC12CCC=CC1=C(C=O)C1C2CCC2(C)C(O)CCC12. The Morgan fingerprint density at radius 3 is 2.76 bits per heavy atom. The zero-order valence-electron chi connectivity index (χ0n) is 13.1. The van der Waals surface area contributed by atoms with Crippen LogP contribution in [0.3, 0.4) is 0 Å². The van der Waals surface area contributed by atoms with Crippen molar-refractivity contribution < 1.29 is 9.90 Å². The Kier molecular flexibility index (Phi) is 2.83. The molecule has 0 aromatic heterocycles. The molecule has 0 bridgehead atoms. The van der Waals surface area contributed by atoms with E-state index in [4.69, 9.17) is 0 Å². The van der Waals surface area contributed by atoms with E-state index in [2.05, 4.69) is 26.0 Å². The Bertz CT molecular complexity index is 546. The number of aliphatic hydroxyl groups excluding tert-OH is 1. The van der Waals surface area contributed by atoms with Gasteiger partial charge in [-0.25, -0.2) is 0 Å². The highest BCUT2D eigenvalue weighted by molar-refractivity contribution is 5.79. The highest BCUT2D eigenvalue weighted by Gasteiger charge is 2.61. The molecule has 4 aliphatic carbocycles. The molecular weight excluding hydrogens is 260 g/mol. The van der Waals surface area contributed by atoms with E-state index < -0.39 is 0 Å². The topological polar surface area (TPSA) is 37.3 Å². The van der Waals surface area contributed by atoms with Gasteiger partial charge in [0, 0.05) is 0 Å². The lowest BCUT2D eigenvalue weighted by Gasteiger charge is -2.49. The first-order chi connectivity index (χ1) is 10.0. The molecule has 0 aromatic rings. The summed E-state index contributed by atoms with van der Waals surface area (Å²) in [6.45, 7) is 4.65. The second-order valence-corrected chi connectivity index (χ2v) is 8.22. The van der Waals surface area contributed by atoms with Crippen LogP contribution in [-0.4, -0.2) is 17.5 Å². The van der Waals surface area contributed by atoms with Crippen LogP contribution in [0.1, 0.15) is 52.4 Å². The van der Waals surface area contributed by atoms with Gasteiger partial charge in [-0.2, -0.15) is 0 Å². The number of rotatable bonds is 1. The smallest absolute Gasteiger partial charge is 0.146 e. The number of carbonyl (C=O) groups is 1. The van der Waals surface area contributed by atoms with Crippen molar-refractivity contribution in [3.05, 3.63) is 23.3 Å². The Balaban J connectivity index is 1.84. The third kappa shape index (κ3) is 1.55. The number of hydrogen-bond donors (Lipinski definition) is 1. The summed E-state index contributed by atoms with van der Waals surface area (Å²) >= 11 is 0. The molecule has 2 saturated carbocycles. The molecule has 0 aromatic carbocycles. The molecule has 6 unspecified atom stereocenters. The molecule has 4 rings (SSSR count). The molecule has 1 N–H and O–H groups in total. The zero-order valence-corrected chi connectivity index (χ0v) is 13.1. The van der Waals surface area contributed by atoms with E-state index in [1.165, 1.54) is 18.4 Å². The molecule has 0 heterocycles. The van der Waals surface area contributed by atoms with Gasteiger partial charge in [0.25, 0.3) is 0 Å². The van der Waals surface area contributed by atoms with Crippen LogP contribution in [0, 0.1) is 28.6 Å². The maximum absolute atomic E-state index is 11.9. The first-order valence-electron chi connectivity index (χ1n) is 8.57. The number of hydrogen-bond acceptors (Lipinski definition) is 2. The lowest BCUT2D eigenvalue weighted by molar-refractivity contribution is -0.106. The van der Waals surface area contributed by atoms with Crippen molar-refractivity contribution >= 4 is 6.29 Å². The highest BCUT2D eigenvalue weighted by Crippen LogP contribution is 2.67. The molecule has 0 saturated heterocycles. The van der Waals surface area contributed by atoms with Gasteiger partial charge >= 0.3 is 0 Å². The van der Waals surface area contributed by atoms with Crippen LogP contribution in [-0.2, 0) is 4.79 Å². The summed E-state index contributed by atoms with van der Waals surface area (Å²) in [6.07, 6.45) is 12.1. The third-order valence-electron chi connectivity index (χ3n) is 7.57. The van der Waals surface area contributed by atoms with Crippen LogP contribution in [0.25, 0.3) is 0 Å². The Labute approximate surface area is 127 Å². The quantitative estimate of drug-likeness (QED) is 0.747. The number of aldehydes is 1. The Hall–Kier alpha value is -0.890. The normalized spacial score (nSPS) is 51.6. The van der Waals surface area contributed by atoms with Crippen molar-refractivity contribution in [1.29, 1.82) is 0 Å². The van der Waals surface area contributed by atoms with Crippen molar-refractivity contribution in [2.45, 2.75) is 58.5 Å². The molecular formula is C19H26O2. The minimum absolute atomic E-state index is 0.0313. The van der Waals surface area contributed by atoms with Gasteiger partial charge < -0.3 is 5.11 Å². The van der Waals surface area contributed by atoms with E-state index in [-0.39, 0.29) is 16.9 Å². The van der Waals surface area contributed by atoms with E-state index in [1.807, 2.05) is 0 Å².